The molecule has 1 aliphatic rings. The number of nitro groups is 1. The lowest BCUT2D eigenvalue weighted by molar-refractivity contribution is -0.384. The average molecular weight is 343 g/mol. The van der Waals surface area contributed by atoms with Gasteiger partial charge in [0.2, 0.25) is 5.91 Å². The van der Waals surface area contributed by atoms with Gasteiger partial charge in [0.05, 0.1) is 18.1 Å². The number of nitrogens with zero attached hydrogens (tertiary/aromatic N) is 1. The summed E-state index contributed by atoms with van der Waals surface area (Å²) in [6.45, 7) is 0.335. The second kappa shape index (κ2) is 6.68. The third-order valence-corrected chi connectivity index (χ3v) is 4.01. The van der Waals surface area contributed by atoms with Crippen molar-refractivity contribution < 1.29 is 19.2 Å². The van der Waals surface area contributed by atoms with Crippen molar-refractivity contribution in [2.24, 2.45) is 5.73 Å². The first-order valence-electron chi connectivity index (χ1n) is 7.63. The maximum Gasteiger partial charge on any atom is 0.293 e. The molecule has 2 aromatic carbocycles. The first-order valence-corrected chi connectivity index (χ1v) is 7.63. The number of anilines is 1. The van der Waals surface area contributed by atoms with Crippen LogP contribution in [0.4, 0.5) is 11.4 Å². The Bertz CT molecular complexity index is 837. The predicted octanol–water partition coefficient (Wildman–Crippen LogP) is 2.12. The zero-order valence-corrected chi connectivity index (χ0v) is 13.5. The SMILES string of the molecule is COc1cccc2c1OC[C@@H](Nc1ccc(C(N)=O)cc1[N+](=O)[O-])C2. The largest absolute Gasteiger partial charge is 0.493 e. The van der Waals surface area contributed by atoms with Crippen LogP contribution >= 0.6 is 0 Å². The molecule has 1 amide bonds. The molecule has 25 heavy (non-hydrogen) atoms. The smallest absolute Gasteiger partial charge is 0.293 e. The van der Waals surface area contributed by atoms with E-state index >= 15 is 0 Å². The minimum Gasteiger partial charge on any atom is -0.493 e. The molecule has 0 spiro atoms. The number of nitro benzene ring substituents is 1. The molecule has 0 fully saturated rings. The highest BCUT2D eigenvalue weighted by molar-refractivity contribution is 5.94. The van der Waals surface area contributed by atoms with Crippen molar-refractivity contribution in [2.75, 3.05) is 19.0 Å². The van der Waals surface area contributed by atoms with Gasteiger partial charge in [0.25, 0.3) is 5.69 Å². The van der Waals surface area contributed by atoms with Crippen LogP contribution in [0.5, 0.6) is 11.5 Å². The molecule has 3 rings (SSSR count). The van der Waals surface area contributed by atoms with Crippen LogP contribution in [-0.4, -0.2) is 30.6 Å². The maximum atomic E-state index is 11.3. The van der Waals surface area contributed by atoms with Crippen LogP contribution < -0.4 is 20.5 Å². The Kier molecular flexibility index (Phi) is 4.42. The topological polar surface area (TPSA) is 117 Å². The van der Waals surface area contributed by atoms with Crippen LogP contribution in [0.2, 0.25) is 0 Å². The number of amides is 1. The number of methoxy groups -OCH3 is 1. The minimum atomic E-state index is -0.711. The monoisotopic (exact) mass is 343 g/mol. The maximum absolute atomic E-state index is 11.3. The van der Waals surface area contributed by atoms with E-state index in [0.717, 1.165) is 5.56 Å². The van der Waals surface area contributed by atoms with Crippen LogP contribution in [0.15, 0.2) is 36.4 Å². The number of ether oxygens (including phenoxy) is 2. The summed E-state index contributed by atoms with van der Waals surface area (Å²) in [4.78, 5) is 22.0. The van der Waals surface area contributed by atoms with Crippen LogP contribution in [0.1, 0.15) is 15.9 Å². The molecule has 0 radical (unpaired) electrons. The summed E-state index contributed by atoms with van der Waals surface area (Å²) in [5.41, 5.74) is 6.35. The molecule has 1 aliphatic heterocycles. The van der Waals surface area contributed by atoms with Crippen molar-refractivity contribution in [1.29, 1.82) is 0 Å². The summed E-state index contributed by atoms with van der Waals surface area (Å²) in [5, 5.41) is 14.4. The highest BCUT2D eigenvalue weighted by Gasteiger charge is 2.25. The number of nitrogens with one attached hydrogen (secondary N) is 1. The molecule has 1 heterocycles. The van der Waals surface area contributed by atoms with Crippen LogP contribution in [0, 0.1) is 10.1 Å². The summed E-state index contributed by atoms with van der Waals surface area (Å²) in [6, 6.07) is 9.57. The number of carbonyl (C=O) groups is 1. The van der Waals surface area contributed by atoms with E-state index in [1.165, 1.54) is 18.2 Å². The number of para-hydroxylation sites is 1. The second-order valence-corrected chi connectivity index (χ2v) is 5.66. The standard InChI is InChI=1S/C17H17N3O5/c1-24-15-4-2-3-10-7-12(9-25-16(10)15)19-13-6-5-11(17(18)21)8-14(13)20(22)23/h2-6,8,12,19H,7,9H2,1H3,(H2,18,21)/t12-/m0/s1. The number of fused-ring (bicyclic) bond motifs is 1. The fraction of sp³-hybridized carbons (Fsp3) is 0.235. The van der Waals surface area contributed by atoms with E-state index in [1.54, 1.807) is 7.11 Å². The third kappa shape index (κ3) is 3.32. The van der Waals surface area contributed by atoms with E-state index in [1.807, 2.05) is 18.2 Å². The average Bonchev–Trinajstić information content (AvgIpc) is 2.60. The molecule has 8 nitrogen and oxygen atoms in total. The number of hydrogen-bond donors (Lipinski definition) is 2. The van der Waals surface area contributed by atoms with Crippen molar-refractivity contribution in [1.82, 2.24) is 0 Å². The van der Waals surface area contributed by atoms with Gasteiger partial charge in [-0.05, 0) is 24.6 Å². The zero-order chi connectivity index (χ0) is 18.0. The van der Waals surface area contributed by atoms with E-state index in [0.29, 0.717) is 30.2 Å². The molecule has 0 aromatic heterocycles. The molecular formula is C17H17N3O5. The molecular weight excluding hydrogens is 326 g/mol. The van der Waals surface area contributed by atoms with Gasteiger partial charge in [0, 0.05) is 17.2 Å². The van der Waals surface area contributed by atoms with Gasteiger partial charge >= 0.3 is 0 Å². The molecule has 2 aromatic rings. The molecule has 0 unspecified atom stereocenters. The zero-order valence-electron chi connectivity index (χ0n) is 13.5. The Morgan fingerprint density at radius 3 is 2.88 bits per heavy atom. The van der Waals surface area contributed by atoms with Gasteiger partial charge in [-0.3, -0.25) is 14.9 Å². The molecule has 3 N–H and O–H groups in total. The van der Waals surface area contributed by atoms with Crippen molar-refractivity contribution in [3.05, 3.63) is 57.6 Å². The fourth-order valence-corrected chi connectivity index (χ4v) is 2.83. The lowest BCUT2D eigenvalue weighted by Crippen LogP contribution is -2.33. The number of carbonyl (C=O) groups excluding carboxylic acids is 1. The predicted molar refractivity (Wildman–Crippen MR) is 91.2 cm³/mol. The molecule has 0 aliphatic carbocycles. The van der Waals surface area contributed by atoms with Crippen molar-refractivity contribution in [3.63, 3.8) is 0 Å². The van der Waals surface area contributed by atoms with Crippen LogP contribution in [0.25, 0.3) is 0 Å². The number of nitrogens with two attached hydrogens (primary N) is 1. The lowest BCUT2D eigenvalue weighted by Gasteiger charge is -2.27. The van der Waals surface area contributed by atoms with Gasteiger partial charge in [-0.15, -0.1) is 0 Å². The summed E-state index contributed by atoms with van der Waals surface area (Å²) in [7, 11) is 1.58. The minimum absolute atomic E-state index is 0.0900. The number of benzene rings is 2. The lowest BCUT2D eigenvalue weighted by atomic mass is 10.0. The van der Waals surface area contributed by atoms with Gasteiger partial charge in [-0.2, -0.15) is 0 Å². The molecule has 1 atom stereocenters. The van der Waals surface area contributed by atoms with Crippen LogP contribution in [0.3, 0.4) is 0 Å². The highest BCUT2D eigenvalue weighted by Crippen LogP contribution is 2.36. The Hall–Kier alpha value is -3.29. The highest BCUT2D eigenvalue weighted by atomic mass is 16.6. The second-order valence-electron chi connectivity index (χ2n) is 5.66. The Labute approximate surface area is 143 Å². The third-order valence-electron chi connectivity index (χ3n) is 4.01. The molecule has 0 saturated heterocycles. The van der Waals surface area contributed by atoms with Gasteiger partial charge in [-0.1, -0.05) is 12.1 Å². The Morgan fingerprint density at radius 2 is 2.20 bits per heavy atom. The van der Waals surface area contributed by atoms with Gasteiger partial charge < -0.3 is 20.5 Å². The Morgan fingerprint density at radius 1 is 1.40 bits per heavy atom. The van der Waals surface area contributed by atoms with Crippen LogP contribution in [-0.2, 0) is 6.42 Å². The first-order chi connectivity index (χ1) is 12.0. The molecule has 0 saturated carbocycles. The number of primary amides is 1. The molecule has 0 bridgehead atoms. The summed E-state index contributed by atoms with van der Waals surface area (Å²) in [5.74, 6) is 0.644. The quantitative estimate of drug-likeness (QED) is 0.634. The fourth-order valence-electron chi connectivity index (χ4n) is 2.83. The normalized spacial score (nSPS) is 15.6. The number of hydrogen-bond acceptors (Lipinski definition) is 6. The van der Waals surface area contributed by atoms with E-state index in [4.69, 9.17) is 15.2 Å². The first kappa shape index (κ1) is 16.6. The Balaban J connectivity index is 1.84. The van der Waals surface area contributed by atoms with Gasteiger partial charge in [-0.25, -0.2) is 0 Å². The summed E-state index contributed by atoms with van der Waals surface area (Å²) >= 11 is 0. The van der Waals surface area contributed by atoms with Crippen molar-refractivity contribution in [3.8, 4) is 11.5 Å². The van der Waals surface area contributed by atoms with Crippen molar-refractivity contribution in [2.45, 2.75) is 12.5 Å². The van der Waals surface area contributed by atoms with E-state index < -0.39 is 10.8 Å². The molecule has 8 heteroatoms. The number of rotatable bonds is 5. The summed E-state index contributed by atoms with van der Waals surface area (Å²) in [6.07, 6.45) is 0.626. The summed E-state index contributed by atoms with van der Waals surface area (Å²) < 4.78 is 11.0. The van der Waals surface area contributed by atoms with Gasteiger partial charge in [0.15, 0.2) is 11.5 Å². The van der Waals surface area contributed by atoms with E-state index in [-0.39, 0.29) is 17.3 Å². The van der Waals surface area contributed by atoms with Gasteiger partial charge in [0.1, 0.15) is 12.3 Å². The van der Waals surface area contributed by atoms with E-state index in [2.05, 4.69) is 5.32 Å². The van der Waals surface area contributed by atoms with Crippen molar-refractivity contribution >= 4 is 17.3 Å². The van der Waals surface area contributed by atoms with E-state index in [9.17, 15) is 14.9 Å². The molecule has 130 valence electrons.